The van der Waals surface area contributed by atoms with Crippen molar-refractivity contribution in [2.75, 3.05) is 19.6 Å². The maximum atomic E-state index is 13.0. The van der Waals surface area contributed by atoms with Crippen LogP contribution in [0.25, 0.3) is 0 Å². The number of carbonyl (C=O) groups excluding carboxylic acids is 3. The summed E-state index contributed by atoms with van der Waals surface area (Å²) in [5.41, 5.74) is 22.5. The lowest BCUT2D eigenvalue weighted by molar-refractivity contribution is -0.142. The minimum Gasteiger partial charge on any atom is -0.480 e. The number of carboxylic acid groups (broad SMARTS) is 1. The number of nitrogens with two attached hydrogens (primary N) is 4. The summed E-state index contributed by atoms with van der Waals surface area (Å²) in [5.74, 6) is -3.12. The molecule has 0 aromatic heterocycles. The fraction of sp³-hybridized carbons (Fsp3) is 0.522. The number of carbonyl (C=O) groups is 4. The lowest BCUT2D eigenvalue weighted by Gasteiger charge is -2.22. The third-order valence-electron chi connectivity index (χ3n) is 5.22. The molecule has 13 nitrogen and oxygen atoms in total. The van der Waals surface area contributed by atoms with E-state index >= 15 is 0 Å². The predicted octanol–water partition coefficient (Wildman–Crippen LogP) is -2.09. The largest absolute Gasteiger partial charge is 0.480 e. The van der Waals surface area contributed by atoms with Crippen molar-refractivity contribution >= 4 is 29.7 Å². The van der Waals surface area contributed by atoms with Gasteiger partial charge < -0.3 is 44.0 Å². The maximum Gasteiger partial charge on any atom is 0.326 e. The van der Waals surface area contributed by atoms with Gasteiger partial charge in [0.15, 0.2) is 5.96 Å². The van der Waals surface area contributed by atoms with Crippen LogP contribution in [0.15, 0.2) is 35.3 Å². The van der Waals surface area contributed by atoms with E-state index in [2.05, 4.69) is 20.9 Å². The molecule has 1 aromatic rings. The molecule has 0 fully saturated rings. The molecule has 0 aliphatic rings. The summed E-state index contributed by atoms with van der Waals surface area (Å²) >= 11 is 0. The van der Waals surface area contributed by atoms with Crippen LogP contribution in [0.2, 0.25) is 0 Å². The van der Waals surface area contributed by atoms with Gasteiger partial charge in [0.05, 0.1) is 12.6 Å². The molecule has 0 spiro atoms. The Labute approximate surface area is 210 Å². The molecule has 0 aliphatic carbocycles. The number of hydrogen-bond donors (Lipinski definition) is 8. The Hall–Kier alpha value is -3.71. The highest BCUT2D eigenvalue weighted by atomic mass is 16.4. The van der Waals surface area contributed by atoms with Crippen molar-refractivity contribution in [1.29, 1.82) is 0 Å². The van der Waals surface area contributed by atoms with Gasteiger partial charge in [0.1, 0.15) is 12.1 Å². The zero-order valence-corrected chi connectivity index (χ0v) is 20.3. The van der Waals surface area contributed by atoms with E-state index in [4.69, 9.17) is 22.9 Å². The summed E-state index contributed by atoms with van der Waals surface area (Å²) in [7, 11) is 0. The average molecular weight is 507 g/mol. The molecule has 0 aliphatic heterocycles. The molecule has 0 bridgehead atoms. The van der Waals surface area contributed by atoms with Crippen LogP contribution in [0.4, 0.5) is 0 Å². The van der Waals surface area contributed by atoms with Gasteiger partial charge in [0.25, 0.3) is 0 Å². The van der Waals surface area contributed by atoms with Crippen LogP contribution >= 0.6 is 0 Å². The van der Waals surface area contributed by atoms with Crippen LogP contribution in [0.1, 0.15) is 37.7 Å². The highest BCUT2D eigenvalue weighted by Crippen LogP contribution is 2.06. The lowest BCUT2D eigenvalue weighted by Crippen LogP contribution is -2.54. The van der Waals surface area contributed by atoms with Crippen LogP contribution in [0.3, 0.4) is 0 Å². The third kappa shape index (κ3) is 12.7. The van der Waals surface area contributed by atoms with Crippen LogP contribution in [-0.2, 0) is 25.6 Å². The van der Waals surface area contributed by atoms with Crippen LogP contribution in [0, 0.1) is 0 Å². The molecule has 0 saturated heterocycles. The van der Waals surface area contributed by atoms with Gasteiger partial charge in [0.2, 0.25) is 17.7 Å². The van der Waals surface area contributed by atoms with Crippen molar-refractivity contribution < 1.29 is 24.3 Å². The Morgan fingerprint density at radius 2 is 1.61 bits per heavy atom. The summed E-state index contributed by atoms with van der Waals surface area (Å²) in [6, 6.07) is 5.87. The standard InChI is InChI=1S/C23H38N8O5/c24-11-5-4-9-16(25)20(33)29-14-19(32)30-18(13-15-7-2-1-3-8-15)21(34)31-17(22(35)36)10-6-12-28-23(26)27/h1-3,7-8,16-18H,4-6,9-14,24-25H2,(H,29,33)(H,30,32)(H,31,34)(H,35,36)(H4,26,27,28). The molecule has 1 rings (SSSR count). The van der Waals surface area contributed by atoms with E-state index in [1.54, 1.807) is 30.3 Å². The number of rotatable bonds is 17. The smallest absolute Gasteiger partial charge is 0.326 e. The van der Waals surface area contributed by atoms with Gasteiger partial charge in [-0.2, -0.15) is 0 Å². The van der Waals surface area contributed by atoms with E-state index in [0.29, 0.717) is 25.8 Å². The number of unbranched alkanes of at least 4 members (excludes halogenated alkanes) is 1. The van der Waals surface area contributed by atoms with Gasteiger partial charge in [-0.3, -0.25) is 19.4 Å². The Morgan fingerprint density at radius 3 is 2.22 bits per heavy atom. The number of hydrogen-bond acceptors (Lipinski definition) is 7. The van der Waals surface area contributed by atoms with Crippen molar-refractivity contribution in [2.45, 2.75) is 56.7 Å². The predicted molar refractivity (Wildman–Crippen MR) is 135 cm³/mol. The number of amides is 3. The first-order chi connectivity index (χ1) is 17.1. The molecule has 200 valence electrons. The maximum absolute atomic E-state index is 13.0. The molecule has 1 aromatic carbocycles. The van der Waals surface area contributed by atoms with Crippen molar-refractivity contribution in [2.24, 2.45) is 27.9 Å². The van der Waals surface area contributed by atoms with Gasteiger partial charge in [0, 0.05) is 13.0 Å². The van der Waals surface area contributed by atoms with Crippen molar-refractivity contribution in [3.05, 3.63) is 35.9 Å². The van der Waals surface area contributed by atoms with E-state index in [9.17, 15) is 24.3 Å². The first-order valence-corrected chi connectivity index (χ1v) is 11.8. The Balaban J connectivity index is 2.77. The van der Waals surface area contributed by atoms with Crippen LogP contribution in [-0.4, -0.2) is 72.5 Å². The average Bonchev–Trinajstić information content (AvgIpc) is 2.84. The number of guanidine groups is 1. The summed E-state index contributed by atoms with van der Waals surface area (Å²) in [6.07, 6.45) is 2.38. The van der Waals surface area contributed by atoms with Crippen molar-refractivity contribution in [3.8, 4) is 0 Å². The number of carboxylic acids is 1. The molecule has 12 N–H and O–H groups in total. The van der Waals surface area contributed by atoms with Crippen LogP contribution in [0.5, 0.6) is 0 Å². The second-order valence-electron chi connectivity index (χ2n) is 8.27. The number of nitrogens with one attached hydrogen (secondary N) is 3. The molecule has 36 heavy (non-hydrogen) atoms. The fourth-order valence-electron chi connectivity index (χ4n) is 3.28. The van der Waals surface area contributed by atoms with Crippen molar-refractivity contribution in [3.63, 3.8) is 0 Å². The molecular weight excluding hydrogens is 468 g/mol. The molecule has 0 radical (unpaired) electrons. The number of nitrogens with zero attached hydrogens (tertiary/aromatic N) is 1. The minimum atomic E-state index is -1.23. The van der Waals surface area contributed by atoms with E-state index in [1.807, 2.05) is 0 Å². The quantitative estimate of drug-likeness (QED) is 0.0655. The number of aliphatic imine (C=N–C) groups is 1. The highest BCUT2D eigenvalue weighted by Gasteiger charge is 2.27. The molecular formula is C23H38N8O5. The zero-order valence-electron chi connectivity index (χ0n) is 20.3. The first-order valence-electron chi connectivity index (χ1n) is 11.8. The molecule has 3 amide bonds. The highest BCUT2D eigenvalue weighted by molar-refractivity contribution is 5.92. The van der Waals surface area contributed by atoms with Gasteiger partial charge >= 0.3 is 5.97 Å². The Bertz CT molecular complexity index is 877. The van der Waals surface area contributed by atoms with E-state index in [-0.39, 0.29) is 31.9 Å². The third-order valence-corrected chi connectivity index (χ3v) is 5.22. The second kappa shape index (κ2) is 16.8. The Morgan fingerprint density at radius 1 is 0.917 bits per heavy atom. The minimum absolute atomic E-state index is 0.0853. The van der Waals surface area contributed by atoms with E-state index < -0.39 is 41.8 Å². The SMILES string of the molecule is NCCCCC(N)C(=O)NCC(=O)NC(Cc1ccccc1)C(=O)NC(CCCN=C(N)N)C(=O)O. The zero-order chi connectivity index (χ0) is 26.9. The van der Waals surface area contributed by atoms with Gasteiger partial charge in [-0.05, 0) is 37.8 Å². The fourth-order valence-corrected chi connectivity index (χ4v) is 3.28. The number of aliphatic carboxylic acids is 1. The van der Waals surface area contributed by atoms with E-state index in [1.165, 1.54) is 0 Å². The summed E-state index contributed by atoms with van der Waals surface area (Å²) in [4.78, 5) is 53.0. The first kappa shape index (κ1) is 30.3. The van der Waals surface area contributed by atoms with Gasteiger partial charge in [-0.25, -0.2) is 4.79 Å². The van der Waals surface area contributed by atoms with E-state index in [0.717, 1.165) is 12.0 Å². The second-order valence-corrected chi connectivity index (χ2v) is 8.27. The normalized spacial score (nSPS) is 13.1. The summed E-state index contributed by atoms with van der Waals surface area (Å²) < 4.78 is 0. The van der Waals surface area contributed by atoms with Crippen molar-refractivity contribution in [1.82, 2.24) is 16.0 Å². The molecule has 0 heterocycles. The summed E-state index contributed by atoms with van der Waals surface area (Å²) in [6.45, 7) is 0.323. The van der Waals surface area contributed by atoms with Gasteiger partial charge in [-0.15, -0.1) is 0 Å². The Kier molecular flexibility index (Phi) is 14.2. The monoisotopic (exact) mass is 506 g/mol. The molecule has 3 atom stereocenters. The molecule has 13 heteroatoms. The van der Waals surface area contributed by atoms with Crippen LogP contribution < -0.4 is 38.9 Å². The summed E-state index contributed by atoms with van der Waals surface area (Å²) in [5, 5.41) is 17.0. The molecule has 3 unspecified atom stereocenters. The molecule has 0 saturated carbocycles. The lowest BCUT2D eigenvalue weighted by atomic mass is 10.0. The number of benzene rings is 1. The van der Waals surface area contributed by atoms with Gasteiger partial charge in [-0.1, -0.05) is 36.8 Å². The topological polar surface area (TPSA) is 241 Å².